The lowest BCUT2D eigenvalue weighted by Gasteiger charge is -1.87. The number of nitrogen functional groups attached to an aromatic ring is 2. The third-order valence-corrected chi connectivity index (χ3v) is 2.23. The molecule has 0 radical (unpaired) electrons. The van der Waals surface area contributed by atoms with E-state index in [0.29, 0.717) is 10.8 Å². The van der Waals surface area contributed by atoms with Crippen LogP contribution in [0.15, 0.2) is 12.4 Å². The number of hydrogen-bond acceptors (Lipinski definition) is 4. The Labute approximate surface area is 61.1 Å². The number of thiazole rings is 1. The first-order chi connectivity index (χ1) is 4.79. The highest BCUT2D eigenvalue weighted by atomic mass is 32.1. The molecular weight excluding hydrogens is 148 g/mol. The lowest BCUT2D eigenvalue weighted by molar-refractivity contribution is 1.25. The standard InChI is InChI=1S/C5H6N4S/c6-3-4(7)10-5-8-1-2-9(3)5/h1-2H,6-7H2. The van der Waals surface area contributed by atoms with Crippen LogP contribution >= 0.6 is 11.3 Å². The quantitative estimate of drug-likeness (QED) is 0.582. The highest BCUT2D eigenvalue weighted by molar-refractivity contribution is 7.21. The van der Waals surface area contributed by atoms with E-state index in [1.165, 1.54) is 11.3 Å². The van der Waals surface area contributed by atoms with Gasteiger partial charge in [0.2, 0.25) is 0 Å². The van der Waals surface area contributed by atoms with Crippen molar-refractivity contribution < 1.29 is 0 Å². The zero-order valence-corrected chi connectivity index (χ0v) is 5.93. The fraction of sp³-hybridized carbons (Fsp3) is 0. The summed E-state index contributed by atoms with van der Waals surface area (Å²) in [6, 6.07) is 0. The normalized spacial score (nSPS) is 10.8. The van der Waals surface area contributed by atoms with E-state index in [1.54, 1.807) is 16.8 Å². The number of nitrogens with two attached hydrogens (primary N) is 2. The number of imidazole rings is 1. The van der Waals surface area contributed by atoms with E-state index >= 15 is 0 Å². The first-order valence-corrected chi connectivity index (χ1v) is 3.57. The lowest BCUT2D eigenvalue weighted by Crippen LogP contribution is -1.93. The Hall–Kier alpha value is -1.23. The number of anilines is 2. The molecule has 4 N–H and O–H groups in total. The molecule has 0 aliphatic carbocycles. The van der Waals surface area contributed by atoms with Crippen molar-refractivity contribution in [2.75, 3.05) is 11.5 Å². The van der Waals surface area contributed by atoms with Crippen molar-refractivity contribution in [1.29, 1.82) is 0 Å². The van der Waals surface area contributed by atoms with Gasteiger partial charge in [0.05, 0.1) is 0 Å². The number of aromatic nitrogens is 2. The molecule has 2 aromatic heterocycles. The smallest absolute Gasteiger partial charge is 0.197 e. The maximum absolute atomic E-state index is 5.59. The van der Waals surface area contributed by atoms with Crippen LogP contribution < -0.4 is 11.5 Å². The zero-order chi connectivity index (χ0) is 7.14. The summed E-state index contributed by atoms with van der Waals surface area (Å²) >= 11 is 1.39. The molecule has 2 rings (SSSR count). The molecule has 0 amide bonds. The van der Waals surface area contributed by atoms with Crippen molar-refractivity contribution in [3.8, 4) is 0 Å². The number of nitrogens with zero attached hydrogens (tertiary/aromatic N) is 2. The molecule has 0 spiro atoms. The second-order valence-corrected chi connectivity index (χ2v) is 2.94. The summed E-state index contributed by atoms with van der Waals surface area (Å²) in [6.07, 6.45) is 3.49. The Kier molecular flexibility index (Phi) is 0.906. The molecule has 0 fully saturated rings. The molecular formula is C5H6N4S. The molecule has 52 valence electrons. The van der Waals surface area contributed by atoms with Crippen LogP contribution in [0.3, 0.4) is 0 Å². The molecule has 0 bridgehead atoms. The second-order valence-electron chi connectivity index (χ2n) is 1.93. The molecule has 2 heterocycles. The minimum Gasteiger partial charge on any atom is -0.387 e. The Morgan fingerprint density at radius 2 is 2.30 bits per heavy atom. The van der Waals surface area contributed by atoms with Crippen LogP contribution in [0.1, 0.15) is 0 Å². The van der Waals surface area contributed by atoms with E-state index in [-0.39, 0.29) is 0 Å². The van der Waals surface area contributed by atoms with Crippen LogP contribution in [0.2, 0.25) is 0 Å². The third kappa shape index (κ3) is 0.522. The summed E-state index contributed by atoms with van der Waals surface area (Å²) in [6.45, 7) is 0. The highest BCUT2D eigenvalue weighted by Crippen LogP contribution is 2.25. The largest absolute Gasteiger partial charge is 0.387 e. The second kappa shape index (κ2) is 1.63. The van der Waals surface area contributed by atoms with E-state index in [2.05, 4.69) is 4.98 Å². The van der Waals surface area contributed by atoms with Crippen LogP contribution in [-0.2, 0) is 0 Å². The molecule has 2 aromatic rings. The monoisotopic (exact) mass is 154 g/mol. The lowest BCUT2D eigenvalue weighted by atomic mass is 10.7. The summed E-state index contributed by atoms with van der Waals surface area (Å²) < 4.78 is 1.76. The van der Waals surface area contributed by atoms with Crippen molar-refractivity contribution >= 4 is 27.1 Å². The van der Waals surface area contributed by atoms with E-state index in [9.17, 15) is 0 Å². The van der Waals surface area contributed by atoms with E-state index < -0.39 is 0 Å². The Bertz CT molecular complexity index is 360. The van der Waals surface area contributed by atoms with Crippen LogP contribution in [0.25, 0.3) is 4.96 Å². The van der Waals surface area contributed by atoms with Gasteiger partial charge in [-0.25, -0.2) is 4.98 Å². The average Bonchev–Trinajstić information content (AvgIpc) is 2.41. The molecule has 5 heteroatoms. The van der Waals surface area contributed by atoms with Gasteiger partial charge < -0.3 is 11.5 Å². The summed E-state index contributed by atoms with van der Waals surface area (Å²) in [7, 11) is 0. The molecule has 0 saturated heterocycles. The van der Waals surface area contributed by atoms with Crippen molar-refractivity contribution in [3.63, 3.8) is 0 Å². The van der Waals surface area contributed by atoms with Gasteiger partial charge in [0.1, 0.15) is 10.8 Å². The van der Waals surface area contributed by atoms with Gasteiger partial charge in [-0.1, -0.05) is 11.3 Å². The maximum atomic E-state index is 5.59. The Morgan fingerprint density at radius 3 is 3.00 bits per heavy atom. The van der Waals surface area contributed by atoms with Crippen molar-refractivity contribution in [3.05, 3.63) is 12.4 Å². The minimum atomic E-state index is 0.581. The van der Waals surface area contributed by atoms with Crippen LogP contribution in [0.4, 0.5) is 10.8 Å². The number of fused-ring (bicyclic) bond motifs is 1. The number of rotatable bonds is 0. The van der Waals surface area contributed by atoms with E-state index in [0.717, 1.165) is 4.96 Å². The first-order valence-electron chi connectivity index (χ1n) is 2.76. The maximum Gasteiger partial charge on any atom is 0.197 e. The Balaban J connectivity index is 2.95. The van der Waals surface area contributed by atoms with Gasteiger partial charge >= 0.3 is 0 Å². The van der Waals surface area contributed by atoms with Crippen molar-refractivity contribution in [2.24, 2.45) is 0 Å². The minimum absolute atomic E-state index is 0.581. The highest BCUT2D eigenvalue weighted by Gasteiger charge is 2.04. The molecule has 0 atom stereocenters. The SMILES string of the molecule is Nc1sc2nccn2c1N. The first kappa shape index (κ1) is 5.55. The van der Waals surface area contributed by atoms with E-state index in [4.69, 9.17) is 11.5 Å². The molecule has 0 aromatic carbocycles. The molecule has 0 saturated carbocycles. The summed E-state index contributed by atoms with van der Waals surface area (Å²) in [5.74, 6) is 0.581. The predicted molar refractivity (Wildman–Crippen MR) is 41.9 cm³/mol. The summed E-state index contributed by atoms with van der Waals surface area (Å²) in [5, 5.41) is 0.628. The predicted octanol–water partition coefficient (Wildman–Crippen LogP) is 0.560. The van der Waals surface area contributed by atoms with Gasteiger partial charge in [-0.05, 0) is 0 Å². The van der Waals surface area contributed by atoms with Gasteiger partial charge in [0.25, 0.3) is 0 Å². The average molecular weight is 154 g/mol. The van der Waals surface area contributed by atoms with E-state index in [1.807, 2.05) is 0 Å². The van der Waals surface area contributed by atoms with Gasteiger partial charge in [-0.3, -0.25) is 4.40 Å². The molecule has 10 heavy (non-hydrogen) atoms. The fourth-order valence-electron chi connectivity index (χ4n) is 0.818. The summed E-state index contributed by atoms with van der Waals surface area (Å²) in [5.41, 5.74) is 11.1. The van der Waals surface area contributed by atoms with Crippen LogP contribution in [0, 0.1) is 0 Å². The fourth-order valence-corrected chi connectivity index (χ4v) is 1.59. The van der Waals surface area contributed by atoms with Gasteiger partial charge in [-0.15, -0.1) is 0 Å². The number of hydrogen-bond donors (Lipinski definition) is 2. The molecule has 0 aliphatic heterocycles. The Morgan fingerprint density at radius 1 is 1.50 bits per heavy atom. The van der Waals surface area contributed by atoms with Crippen molar-refractivity contribution in [2.45, 2.75) is 0 Å². The zero-order valence-electron chi connectivity index (χ0n) is 5.11. The topological polar surface area (TPSA) is 69.3 Å². The summed E-state index contributed by atoms with van der Waals surface area (Å²) in [4.78, 5) is 4.86. The van der Waals surface area contributed by atoms with Gasteiger partial charge in [0.15, 0.2) is 4.96 Å². The van der Waals surface area contributed by atoms with Crippen LogP contribution in [-0.4, -0.2) is 9.38 Å². The molecule has 0 unspecified atom stereocenters. The van der Waals surface area contributed by atoms with Gasteiger partial charge in [-0.2, -0.15) is 0 Å². The van der Waals surface area contributed by atoms with Crippen LogP contribution in [0.5, 0.6) is 0 Å². The molecule has 0 aliphatic rings. The van der Waals surface area contributed by atoms with Gasteiger partial charge in [0, 0.05) is 12.4 Å². The molecule has 4 nitrogen and oxygen atoms in total. The van der Waals surface area contributed by atoms with Crippen molar-refractivity contribution in [1.82, 2.24) is 9.38 Å². The third-order valence-electron chi connectivity index (χ3n) is 1.32.